The molecule has 2 aliphatic rings. The van der Waals surface area contributed by atoms with E-state index >= 15 is 0 Å². The molecule has 2 aliphatic heterocycles. The number of fused-ring (bicyclic) bond motifs is 1. The molecule has 0 N–H and O–H groups in total. The van der Waals surface area contributed by atoms with Crippen molar-refractivity contribution in [3.05, 3.63) is 71.2 Å². The second-order valence-electron chi connectivity index (χ2n) is 5.75. The van der Waals surface area contributed by atoms with Gasteiger partial charge in [-0.05, 0) is 24.3 Å². The third-order valence-electron chi connectivity index (χ3n) is 4.13. The van der Waals surface area contributed by atoms with E-state index in [0.717, 1.165) is 42.5 Å². The summed E-state index contributed by atoms with van der Waals surface area (Å²) in [6.45, 7) is 2.58. The molecule has 0 unspecified atom stereocenters. The zero-order valence-corrected chi connectivity index (χ0v) is 13.4. The lowest BCUT2D eigenvalue weighted by molar-refractivity contribution is 0.367. The van der Waals surface area contributed by atoms with Crippen LogP contribution in [-0.4, -0.2) is 28.7 Å². The van der Waals surface area contributed by atoms with Crippen molar-refractivity contribution in [2.24, 2.45) is 5.10 Å². The van der Waals surface area contributed by atoms with Crippen LogP contribution in [0.15, 0.2) is 65.5 Å². The van der Waals surface area contributed by atoms with Crippen LogP contribution in [0.5, 0.6) is 0 Å². The van der Waals surface area contributed by atoms with E-state index in [4.69, 9.17) is 16.7 Å². The summed E-state index contributed by atoms with van der Waals surface area (Å²) in [5.41, 5.74) is 4.49. The third-order valence-corrected chi connectivity index (χ3v) is 4.45. The van der Waals surface area contributed by atoms with Crippen LogP contribution in [0, 0.1) is 0 Å². The number of nitrogens with zero attached hydrogens (tertiary/aromatic N) is 4. The number of benzene rings is 1. The van der Waals surface area contributed by atoms with Crippen molar-refractivity contribution in [2.45, 2.75) is 13.0 Å². The van der Waals surface area contributed by atoms with E-state index in [1.165, 1.54) is 11.3 Å². The van der Waals surface area contributed by atoms with Gasteiger partial charge >= 0.3 is 0 Å². The highest BCUT2D eigenvalue weighted by molar-refractivity contribution is 6.33. The second kappa shape index (κ2) is 6.05. The lowest BCUT2D eigenvalue weighted by Gasteiger charge is -2.25. The van der Waals surface area contributed by atoms with Gasteiger partial charge in [-0.2, -0.15) is 5.10 Å². The molecule has 0 fully saturated rings. The average molecular weight is 325 g/mol. The second-order valence-corrected chi connectivity index (χ2v) is 6.16. The quantitative estimate of drug-likeness (QED) is 0.862. The van der Waals surface area contributed by atoms with Crippen molar-refractivity contribution in [1.82, 2.24) is 9.88 Å². The Bertz CT molecular complexity index is 770. The smallest absolute Gasteiger partial charge is 0.0784 e. The van der Waals surface area contributed by atoms with Gasteiger partial charge in [0.25, 0.3) is 0 Å². The Kier molecular flexibility index (Phi) is 3.75. The molecule has 1 aromatic heterocycles. The number of anilines is 1. The van der Waals surface area contributed by atoms with Crippen LogP contribution >= 0.6 is 11.6 Å². The van der Waals surface area contributed by atoms with Crippen LogP contribution in [0.25, 0.3) is 0 Å². The predicted molar refractivity (Wildman–Crippen MR) is 93.6 cm³/mol. The highest BCUT2D eigenvalue weighted by atomic mass is 35.5. The Morgan fingerprint density at radius 3 is 2.78 bits per heavy atom. The van der Waals surface area contributed by atoms with Crippen molar-refractivity contribution < 1.29 is 0 Å². The maximum absolute atomic E-state index is 6.29. The summed E-state index contributed by atoms with van der Waals surface area (Å²) in [7, 11) is 0. The molecule has 0 amide bonds. The van der Waals surface area contributed by atoms with Crippen LogP contribution in [0.2, 0.25) is 5.02 Å². The standard InChI is InChI=1S/C18H17ClN4/c19-16-6-1-2-7-18(16)23-12-14-11-22(10-8-17(14)21-23)13-15-5-3-4-9-20-15/h1-7,9,11H,8,10,12-13H2. The first-order valence-electron chi connectivity index (χ1n) is 7.74. The molecule has 0 aliphatic carbocycles. The number of aromatic nitrogens is 1. The summed E-state index contributed by atoms with van der Waals surface area (Å²) in [6, 6.07) is 13.9. The Morgan fingerprint density at radius 1 is 1.09 bits per heavy atom. The molecule has 116 valence electrons. The molecule has 4 nitrogen and oxygen atoms in total. The van der Waals surface area contributed by atoms with Gasteiger partial charge in [0, 0.05) is 30.9 Å². The minimum Gasteiger partial charge on any atom is -0.371 e. The molecule has 2 aromatic rings. The molecule has 0 bridgehead atoms. The van der Waals surface area contributed by atoms with Crippen LogP contribution in [0.3, 0.4) is 0 Å². The third kappa shape index (κ3) is 2.94. The summed E-state index contributed by atoms with van der Waals surface area (Å²) in [5, 5.41) is 7.47. The van der Waals surface area contributed by atoms with Gasteiger partial charge in [0.15, 0.2) is 0 Å². The minimum absolute atomic E-state index is 0.737. The summed E-state index contributed by atoms with van der Waals surface area (Å²) in [5.74, 6) is 0. The first-order chi connectivity index (χ1) is 11.3. The summed E-state index contributed by atoms with van der Waals surface area (Å²) < 4.78 is 0. The molecule has 0 saturated carbocycles. The molecule has 1 aromatic carbocycles. The van der Waals surface area contributed by atoms with Crippen LogP contribution in [0.1, 0.15) is 12.1 Å². The van der Waals surface area contributed by atoms with Crippen molar-refractivity contribution >= 4 is 23.0 Å². The van der Waals surface area contributed by atoms with Crippen molar-refractivity contribution in [3.63, 3.8) is 0 Å². The molecule has 4 rings (SSSR count). The first kappa shape index (κ1) is 14.3. The van der Waals surface area contributed by atoms with E-state index in [-0.39, 0.29) is 0 Å². The minimum atomic E-state index is 0.737. The van der Waals surface area contributed by atoms with Gasteiger partial charge in [0.05, 0.1) is 35.2 Å². The maximum Gasteiger partial charge on any atom is 0.0784 e. The number of pyridine rings is 1. The lowest BCUT2D eigenvalue weighted by Crippen LogP contribution is -2.27. The van der Waals surface area contributed by atoms with Crippen molar-refractivity contribution in [2.75, 3.05) is 18.1 Å². The number of halogens is 1. The lowest BCUT2D eigenvalue weighted by atomic mass is 10.1. The monoisotopic (exact) mass is 324 g/mol. The number of hydrogen-bond acceptors (Lipinski definition) is 4. The fourth-order valence-electron chi connectivity index (χ4n) is 2.98. The molecule has 0 atom stereocenters. The topological polar surface area (TPSA) is 31.7 Å². The molecule has 3 heterocycles. The van der Waals surface area contributed by atoms with E-state index < -0.39 is 0 Å². The predicted octanol–water partition coefficient (Wildman–Crippen LogP) is 3.70. The van der Waals surface area contributed by atoms with E-state index in [1.54, 1.807) is 0 Å². The number of hydrazone groups is 1. The highest BCUT2D eigenvalue weighted by Crippen LogP contribution is 2.31. The Morgan fingerprint density at radius 2 is 1.96 bits per heavy atom. The largest absolute Gasteiger partial charge is 0.371 e. The Hall–Kier alpha value is -2.33. The van der Waals surface area contributed by atoms with Crippen LogP contribution in [0.4, 0.5) is 5.69 Å². The van der Waals surface area contributed by atoms with Crippen LogP contribution in [-0.2, 0) is 6.54 Å². The number of para-hydroxylation sites is 1. The SMILES string of the molecule is Clc1ccccc1N1CC2=CN(Cc3ccccn3)CCC2=N1. The summed E-state index contributed by atoms with van der Waals surface area (Å²) in [4.78, 5) is 6.72. The normalized spacial score (nSPS) is 16.9. The van der Waals surface area contributed by atoms with E-state index in [0.29, 0.717) is 0 Å². The fraction of sp³-hybridized carbons (Fsp3) is 0.222. The van der Waals surface area contributed by atoms with Gasteiger partial charge < -0.3 is 4.90 Å². The van der Waals surface area contributed by atoms with Crippen molar-refractivity contribution in [1.29, 1.82) is 0 Å². The fourth-order valence-corrected chi connectivity index (χ4v) is 3.22. The number of rotatable bonds is 3. The molecular weight excluding hydrogens is 308 g/mol. The Labute approximate surface area is 140 Å². The zero-order chi connectivity index (χ0) is 15.6. The summed E-state index contributed by atoms with van der Waals surface area (Å²) in [6.07, 6.45) is 5.02. The number of hydrogen-bond donors (Lipinski definition) is 0. The van der Waals surface area contributed by atoms with E-state index in [2.05, 4.69) is 22.2 Å². The van der Waals surface area contributed by atoms with Gasteiger partial charge in [-0.1, -0.05) is 29.8 Å². The molecule has 0 saturated heterocycles. The average Bonchev–Trinajstić information content (AvgIpc) is 2.99. The molecule has 5 heteroatoms. The molecule has 0 radical (unpaired) electrons. The van der Waals surface area contributed by atoms with Gasteiger partial charge in [-0.3, -0.25) is 9.99 Å². The van der Waals surface area contributed by atoms with Crippen molar-refractivity contribution in [3.8, 4) is 0 Å². The Balaban J connectivity index is 1.52. The molecular formula is C18H17ClN4. The van der Waals surface area contributed by atoms with E-state index in [9.17, 15) is 0 Å². The van der Waals surface area contributed by atoms with E-state index in [1.807, 2.05) is 47.6 Å². The van der Waals surface area contributed by atoms with Gasteiger partial charge in [-0.15, -0.1) is 0 Å². The van der Waals surface area contributed by atoms with Gasteiger partial charge in [0.2, 0.25) is 0 Å². The molecule has 0 spiro atoms. The molecule has 23 heavy (non-hydrogen) atoms. The first-order valence-corrected chi connectivity index (χ1v) is 8.12. The maximum atomic E-state index is 6.29. The van der Waals surface area contributed by atoms with Crippen LogP contribution < -0.4 is 5.01 Å². The highest BCUT2D eigenvalue weighted by Gasteiger charge is 2.26. The zero-order valence-electron chi connectivity index (χ0n) is 12.7. The summed E-state index contributed by atoms with van der Waals surface area (Å²) >= 11 is 6.29. The van der Waals surface area contributed by atoms with Gasteiger partial charge in [-0.25, -0.2) is 0 Å². The van der Waals surface area contributed by atoms with Gasteiger partial charge in [0.1, 0.15) is 0 Å².